The molecule has 1 heterocycles. The summed E-state index contributed by atoms with van der Waals surface area (Å²) in [5, 5.41) is 2.89. The predicted octanol–water partition coefficient (Wildman–Crippen LogP) is 1.15. The number of nitrogens with zero attached hydrogens (tertiary/aromatic N) is 1. The van der Waals surface area contributed by atoms with Crippen LogP contribution in [0, 0.1) is 0 Å². The lowest BCUT2D eigenvalue weighted by atomic mass is 10.3. The van der Waals surface area contributed by atoms with Crippen LogP contribution in [-0.4, -0.2) is 39.5 Å². The molecule has 7 nitrogen and oxygen atoms in total. The molecule has 0 saturated heterocycles. The SMILES string of the molecule is CCOC(=O)/C=C1/Nc2cc(OC)ccc2S(=O)(=O)N1C. The smallest absolute Gasteiger partial charge is 0.334 e. The quantitative estimate of drug-likeness (QED) is 0.665. The Kier molecular flexibility index (Phi) is 4.08. The number of ether oxygens (including phenoxy) is 2. The predicted molar refractivity (Wildman–Crippen MR) is 76.3 cm³/mol. The largest absolute Gasteiger partial charge is 0.497 e. The number of benzene rings is 1. The number of esters is 1. The van der Waals surface area contributed by atoms with Crippen LogP contribution in [0.2, 0.25) is 0 Å². The van der Waals surface area contributed by atoms with E-state index in [-0.39, 0.29) is 17.3 Å². The fraction of sp³-hybridized carbons (Fsp3) is 0.308. The fourth-order valence-corrected chi connectivity index (χ4v) is 3.16. The van der Waals surface area contributed by atoms with Gasteiger partial charge in [-0.25, -0.2) is 13.2 Å². The van der Waals surface area contributed by atoms with Gasteiger partial charge in [-0.1, -0.05) is 0 Å². The molecule has 21 heavy (non-hydrogen) atoms. The van der Waals surface area contributed by atoms with E-state index >= 15 is 0 Å². The number of hydrogen-bond acceptors (Lipinski definition) is 6. The average Bonchev–Trinajstić information content (AvgIpc) is 2.44. The van der Waals surface area contributed by atoms with Crippen LogP contribution in [0.25, 0.3) is 0 Å². The van der Waals surface area contributed by atoms with Gasteiger partial charge in [0.1, 0.15) is 16.5 Å². The summed E-state index contributed by atoms with van der Waals surface area (Å²) in [7, 11) is -0.868. The summed E-state index contributed by atoms with van der Waals surface area (Å²) in [5.41, 5.74) is 0.350. The van der Waals surface area contributed by atoms with Crippen molar-refractivity contribution in [2.24, 2.45) is 0 Å². The van der Waals surface area contributed by atoms with Gasteiger partial charge in [-0.3, -0.25) is 4.31 Å². The molecule has 1 N–H and O–H groups in total. The number of hydrogen-bond donors (Lipinski definition) is 1. The number of anilines is 1. The Morgan fingerprint density at radius 3 is 2.76 bits per heavy atom. The molecule has 1 aliphatic heterocycles. The van der Waals surface area contributed by atoms with E-state index in [0.29, 0.717) is 11.4 Å². The number of carbonyl (C=O) groups is 1. The van der Waals surface area contributed by atoms with Crippen molar-refractivity contribution < 1.29 is 22.7 Å². The first-order valence-electron chi connectivity index (χ1n) is 6.22. The van der Waals surface area contributed by atoms with Gasteiger partial charge in [-0.15, -0.1) is 0 Å². The van der Waals surface area contributed by atoms with E-state index in [4.69, 9.17) is 9.47 Å². The summed E-state index contributed by atoms with van der Waals surface area (Å²) in [6, 6.07) is 4.57. The Labute approximate surface area is 123 Å². The molecular formula is C13H16N2O5S. The first kappa shape index (κ1) is 15.2. The Balaban J connectivity index is 2.49. The zero-order valence-electron chi connectivity index (χ0n) is 11.9. The maximum atomic E-state index is 12.4. The fourth-order valence-electron chi connectivity index (χ4n) is 1.87. The number of fused-ring (bicyclic) bond motifs is 1. The van der Waals surface area contributed by atoms with Crippen molar-refractivity contribution in [3.05, 3.63) is 30.1 Å². The second kappa shape index (κ2) is 5.65. The molecule has 0 aromatic heterocycles. The summed E-state index contributed by atoms with van der Waals surface area (Å²) in [5.74, 6) is 0.0130. The van der Waals surface area contributed by atoms with Crippen LogP contribution in [0.5, 0.6) is 5.75 Å². The highest BCUT2D eigenvalue weighted by molar-refractivity contribution is 7.89. The molecular weight excluding hydrogens is 296 g/mol. The number of methoxy groups -OCH3 is 1. The third-order valence-electron chi connectivity index (χ3n) is 2.97. The minimum Gasteiger partial charge on any atom is -0.497 e. The first-order chi connectivity index (χ1) is 9.90. The molecule has 2 rings (SSSR count). The van der Waals surface area contributed by atoms with E-state index in [1.807, 2.05) is 0 Å². The Morgan fingerprint density at radius 1 is 1.43 bits per heavy atom. The van der Waals surface area contributed by atoms with Crippen molar-refractivity contribution in [2.45, 2.75) is 11.8 Å². The topological polar surface area (TPSA) is 84.9 Å². The molecule has 1 aromatic rings. The van der Waals surface area contributed by atoms with E-state index in [1.165, 1.54) is 20.2 Å². The van der Waals surface area contributed by atoms with Crippen LogP contribution in [0.1, 0.15) is 6.92 Å². The molecule has 0 atom stereocenters. The maximum Gasteiger partial charge on any atom is 0.334 e. The number of carbonyl (C=O) groups excluding carboxylic acids is 1. The van der Waals surface area contributed by atoms with Crippen molar-refractivity contribution in [1.29, 1.82) is 0 Å². The number of nitrogens with one attached hydrogen (secondary N) is 1. The van der Waals surface area contributed by atoms with Gasteiger partial charge < -0.3 is 14.8 Å². The molecule has 114 valence electrons. The second-order valence-electron chi connectivity index (χ2n) is 4.24. The monoisotopic (exact) mass is 312 g/mol. The molecule has 0 bridgehead atoms. The zero-order chi connectivity index (χ0) is 15.6. The van der Waals surface area contributed by atoms with Crippen LogP contribution < -0.4 is 10.1 Å². The van der Waals surface area contributed by atoms with E-state index in [9.17, 15) is 13.2 Å². The van der Waals surface area contributed by atoms with Crippen LogP contribution in [0.15, 0.2) is 35.0 Å². The summed E-state index contributed by atoms with van der Waals surface area (Å²) in [6.45, 7) is 1.88. The summed E-state index contributed by atoms with van der Waals surface area (Å²) in [4.78, 5) is 11.6. The Hall–Kier alpha value is -2.22. The van der Waals surface area contributed by atoms with Gasteiger partial charge in [-0.2, -0.15) is 0 Å². The standard InChI is InChI=1S/C13H16N2O5S/c1-4-20-13(16)8-12-14-10-7-9(19-3)5-6-11(10)21(17,18)15(12)2/h5-8,14H,4H2,1-3H3/b12-8-. The minimum atomic E-state index is -3.72. The van der Waals surface area contributed by atoms with Gasteiger partial charge in [0, 0.05) is 13.1 Å². The molecule has 0 saturated carbocycles. The molecule has 8 heteroatoms. The van der Waals surface area contributed by atoms with Gasteiger partial charge in [0.15, 0.2) is 0 Å². The van der Waals surface area contributed by atoms with Crippen LogP contribution in [0.4, 0.5) is 5.69 Å². The highest BCUT2D eigenvalue weighted by Gasteiger charge is 2.32. The normalized spacial score (nSPS) is 17.9. The summed E-state index contributed by atoms with van der Waals surface area (Å²) >= 11 is 0. The van der Waals surface area contributed by atoms with E-state index in [0.717, 1.165) is 10.4 Å². The van der Waals surface area contributed by atoms with Crippen molar-refractivity contribution >= 4 is 21.7 Å². The molecule has 0 unspecified atom stereocenters. The van der Waals surface area contributed by atoms with Crippen molar-refractivity contribution in [3.8, 4) is 5.75 Å². The molecule has 0 spiro atoms. The molecule has 0 amide bonds. The highest BCUT2D eigenvalue weighted by Crippen LogP contribution is 2.34. The lowest BCUT2D eigenvalue weighted by molar-refractivity contribution is -0.137. The van der Waals surface area contributed by atoms with E-state index in [1.54, 1.807) is 19.1 Å². The van der Waals surface area contributed by atoms with Gasteiger partial charge in [0.05, 0.1) is 25.5 Å². The molecule has 1 aliphatic rings. The minimum absolute atomic E-state index is 0.117. The third-order valence-corrected chi connectivity index (χ3v) is 4.80. The number of sulfonamides is 1. The number of rotatable bonds is 3. The summed E-state index contributed by atoms with van der Waals surface area (Å²) < 4.78 is 35.7. The molecule has 0 aliphatic carbocycles. The van der Waals surface area contributed by atoms with Gasteiger partial charge in [0.25, 0.3) is 10.0 Å². The van der Waals surface area contributed by atoms with Crippen LogP contribution >= 0.6 is 0 Å². The Bertz CT molecular complexity index is 697. The van der Waals surface area contributed by atoms with E-state index < -0.39 is 16.0 Å². The van der Waals surface area contributed by atoms with Gasteiger partial charge in [0.2, 0.25) is 0 Å². The van der Waals surface area contributed by atoms with Crippen LogP contribution in [0.3, 0.4) is 0 Å². The highest BCUT2D eigenvalue weighted by atomic mass is 32.2. The van der Waals surface area contributed by atoms with Gasteiger partial charge >= 0.3 is 5.97 Å². The lowest BCUT2D eigenvalue weighted by Gasteiger charge is -2.30. The lowest BCUT2D eigenvalue weighted by Crippen LogP contribution is -2.35. The van der Waals surface area contributed by atoms with Crippen molar-refractivity contribution in [3.63, 3.8) is 0 Å². The van der Waals surface area contributed by atoms with E-state index in [2.05, 4.69) is 5.32 Å². The Morgan fingerprint density at radius 2 is 2.14 bits per heavy atom. The zero-order valence-corrected chi connectivity index (χ0v) is 12.7. The van der Waals surface area contributed by atoms with Crippen molar-refractivity contribution in [1.82, 2.24) is 4.31 Å². The van der Waals surface area contributed by atoms with Crippen LogP contribution in [-0.2, 0) is 19.6 Å². The van der Waals surface area contributed by atoms with Gasteiger partial charge in [-0.05, 0) is 19.1 Å². The molecule has 0 radical (unpaired) electrons. The summed E-state index contributed by atoms with van der Waals surface area (Å²) in [6.07, 6.45) is 1.10. The van der Waals surface area contributed by atoms with Crippen molar-refractivity contribution in [2.75, 3.05) is 26.1 Å². The second-order valence-corrected chi connectivity index (χ2v) is 6.18. The molecule has 0 fully saturated rings. The first-order valence-corrected chi connectivity index (χ1v) is 7.66. The molecule has 1 aromatic carbocycles. The average molecular weight is 312 g/mol. The maximum absolute atomic E-state index is 12.4. The third kappa shape index (κ3) is 2.80.